The van der Waals surface area contributed by atoms with Crippen LogP contribution in [0.15, 0.2) is 17.0 Å². The standard InChI is InChI=1S/C13H20N2O4S/c1-9-6-12(19-3)13(7-11(9)14)20(16,17)15-5-4-10(8-15)18-2/h6-7,10H,4-5,8,14H2,1-3H3. The third-order valence-corrected chi connectivity index (χ3v) is 5.50. The smallest absolute Gasteiger partial charge is 0.246 e. The molecule has 1 aliphatic heterocycles. The zero-order chi connectivity index (χ0) is 14.9. The van der Waals surface area contributed by atoms with Crippen molar-refractivity contribution in [3.05, 3.63) is 17.7 Å². The highest BCUT2D eigenvalue weighted by atomic mass is 32.2. The number of nitrogens with two attached hydrogens (primary N) is 1. The maximum atomic E-state index is 12.7. The molecule has 0 amide bonds. The second-order valence-electron chi connectivity index (χ2n) is 4.87. The van der Waals surface area contributed by atoms with E-state index >= 15 is 0 Å². The Bertz CT molecular complexity index is 601. The molecule has 1 atom stereocenters. The van der Waals surface area contributed by atoms with Crippen molar-refractivity contribution in [1.82, 2.24) is 4.31 Å². The molecule has 7 heteroatoms. The highest BCUT2D eigenvalue weighted by Crippen LogP contribution is 2.32. The van der Waals surface area contributed by atoms with E-state index in [0.29, 0.717) is 30.9 Å². The molecule has 1 heterocycles. The van der Waals surface area contributed by atoms with Gasteiger partial charge in [0.2, 0.25) is 10.0 Å². The van der Waals surface area contributed by atoms with Gasteiger partial charge in [-0.15, -0.1) is 0 Å². The largest absolute Gasteiger partial charge is 0.495 e. The fraction of sp³-hybridized carbons (Fsp3) is 0.538. The van der Waals surface area contributed by atoms with Crippen LogP contribution in [0.5, 0.6) is 5.75 Å². The van der Waals surface area contributed by atoms with E-state index in [2.05, 4.69) is 0 Å². The summed E-state index contributed by atoms with van der Waals surface area (Å²) >= 11 is 0. The van der Waals surface area contributed by atoms with Gasteiger partial charge in [-0.1, -0.05) is 0 Å². The molecule has 1 aliphatic rings. The van der Waals surface area contributed by atoms with Crippen LogP contribution in [-0.2, 0) is 14.8 Å². The lowest BCUT2D eigenvalue weighted by Gasteiger charge is -2.19. The van der Waals surface area contributed by atoms with Gasteiger partial charge in [0.15, 0.2) is 0 Å². The van der Waals surface area contributed by atoms with Crippen LogP contribution in [0, 0.1) is 6.92 Å². The van der Waals surface area contributed by atoms with Gasteiger partial charge in [0.1, 0.15) is 10.6 Å². The van der Waals surface area contributed by atoms with E-state index in [1.165, 1.54) is 17.5 Å². The number of sulfonamides is 1. The van der Waals surface area contributed by atoms with Gasteiger partial charge in [-0.2, -0.15) is 4.31 Å². The first kappa shape index (κ1) is 15.1. The van der Waals surface area contributed by atoms with Crippen LogP contribution in [-0.4, -0.2) is 46.1 Å². The summed E-state index contributed by atoms with van der Waals surface area (Å²) in [6.45, 7) is 2.61. The first-order valence-electron chi connectivity index (χ1n) is 6.37. The number of benzene rings is 1. The predicted molar refractivity (Wildman–Crippen MR) is 76.3 cm³/mol. The second-order valence-corrected chi connectivity index (χ2v) is 6.78. The van der Waals surface area contributed by atoms with Crippen molar-refractivity contribution in [1.29, 1.82) is 0 Å². The van der Waals surface area contributed by atoms with Crippen LogP contribution >= 0.6 is 0 Å². The summed E-state index contributed by atoms with van der Waals surface area (Å²) in [4.78, 5) is 0.111. The summed E-state index contributed by atoms with van der Waals surface area (Å²) in [7, 11) is -0.577. The molecule has 2 rings (SSSR count). The van der Waals surface area contributed by atoms with Crippen LogP contribution < -0.4 is 10.5 Å². The van der Waals surface area contributed by atoms with Gasteiger partial charge < -0.3 is 15.2 Å². The van der Waals surface area contributed by atoms with Gasteiger partial charge in [0.25, 0.3) is 0 Å². The number of rotatable bonds is 4. The molecule has 0 spiro atoms. The van der Waals surface area contributed by atoms with Gasteiger partial charge in [0, 0.05) is 25.9 Å². The highest BCUT2D eigenvalue weighted by molar-refractivity contribution is 7.89. The maximum Gasteiger partial charge on any atom is 0.246 e. The van der Waals surface area contributed by atoms with Crippen LogP contribution in [0.4, 0.5) is 5.69 Å². The van der Waals surface area contributed by atoms with E-state index < -0.39 is 10.0 Å². The van der Waals surface area contributed by atoms with Crippen LogP contribution in [0.1, 0.15) is 12.0 Å². The molecular weight excluding hydrogens is 280 g/mol. The topological polar surface area (TPSA) is 81.9 Å². The Morgan fingerprint density at radius 3 is 2.60 bits per heavy atom. The maximum absolute atomic E-state index is 12.7. The van der Waals surface area contributed by atoms with Gasteiger partial charge in [0.05, 0.1) is 13.2 Å². The molecule has 0 radical (unpaired) electrons. The SMILES string of the molecule is COc1cc(C)c(N)cc1S(=O)(=O)N1CCC(OC)C1. The van der Waals surface area contributed by atoms with E-state index in [1.807, 2.05) is 6.92 Å². The lowest BCUT2D eigenvalue weighted by atomic mass is 10.2. The molecule has 1 aromatic carbocycles. The van der Waals surface area contributed by atoms with Crippen molar-refractivity contribution in [3.63, 3.8) is 0 Å². The average Bonchev–Trinajstić information content (AvgIpc) is 2.90. The van der Waals surface area contributed by atoms with Crippen LogP contribution in [0.3, 0.4) is 0 Å². The summed E-state index contributed by atoms with van der Waals surface area (Å²) in [5, 5.41) is 0. The van der Waals surface area contributed by atoms with Crippen molar-refractivity contribution in [2.45, 2.75) is 24.3 Å². The lowest BCUT2D eigenvalue weighted by Crippen LogP contribution is -2.30. The van der Waals surface area contributed by atoms with Gasteiger partial charge in [-0.25, -0.2) is 8.42 Å². The highest BCUT2D eigenvalue weighted by Gasteiger charge is 2.34. The minimum Gasteiger partial charge on any atom is -0.495 e. The fourth-order valence-electron chi connectivity index (χ4n) is 2.29. The minimum absolute atomic E-state index is 0.0569. The summed E-state index contributed by atoms with van der Waals surface area (Å²) in [5.74, 6) is 0.317. The van der Waals surface area contributed by atoms with Crippen LogP contribution in [0.25, 0.3) is 0 Å². The second kappa shape index (κ2) is 5.59. The molecule has 0 bridgehead atoms. The van der Waals surface area contributed by atoms with E-state index in [9.17, 15) is 8.42 Å². The number of aryl methyl sites for hydroxylation is 1. The number of nitrogen functional groups attached to an aromatic ring is 1. The molecule has 0 aromatic heterocycles. The molecule has 0 saturated carbocycles. The summed E-state index contributed by atoms with van der Waals surface area (Å²) in [5.41, 5.74) is 7.06. The molecule has 1 aromatic rings. The Morgan fingerprint density at radius 1 is 1.35 bits per heavy atom. The van der Waals surface area contributed by atoms with Crippen molar-refractivity contribution < 1.29 is 17.9 Å². The van der Waals surface area contributed by atoms with Gasteiger partial charge >= 0.3 is 0 Å². The minimum atomic E-state index is -3.62. The predicted octanol–water partition coefficient (Wildman–Crippen LogP) is 0.995. The van der Waals surface area contributed by atoms with E-state index in [4.69, 9.17) is 15.2 Å². The van der Waals surface area contributed by atoms with E-state index in [-0.39, 0.29) is 11.0 Å². The molecule has 6 nitrogen and oxygen atoms in total. The lowest BCUT2D eigenvalue weighted by molar-refractivity contribution is 0.115. The van der Waals surface area contributed by atoms with Gasteiger partial charge in [-0.05, 0) is 31.0 Å². The molecule has 0 aliphatic carbocycles. The normalized spacial score (nSPS) is 20.2. The van der Waals surface area contributed by atoms with Crippen LogP contribution in [0.2, 0.25) is 0 Å². The Morgan fingerprint density at radius 2 is 2.05 bits per heavy atom. The quantitative estimate of drug-likeness (QED) is 0.839. The monoisotopic (exact) mass is 300 g/mol. The van der Waals surface area contributed by atoms with Crippen molar-refractivity contribution in [2.24, 2.45) is 0 Å². The Labute approximate surface area is 119 Å². The summed E-state index contributed by atoms with van der Waals surface area (Å²) in [6.07, 6.45) is 0.637. The Balaban J connectivity index is 2.42. The third-order valence-electron chi connectivity index (χ3n) is 3.61. The third kappa shape index (κ3) is 2.61. The number of nitrogens with zero attached hydrogens (tertiary/aromatic N) is 1. The average molecular weight is 300 g/mol. The summed E-state index contributed by atoms with van der Waals surface area (Å²) in [6, 6.07) is 3.11. The Kier molecular flexibility index (Phi) is 4.22. The Hall–Kier alpha value is -1.31. The zero-order valence-corrected chi connectivity index (χ0v) is 12.7. The van der Waals surface area contributed by atoms with Crippen molar-refractivity contribution in [2.75, 3.05) is 33.0 Å². The van der Waals surface area contributed by atoms with Crippen molar-refractivity contribution in [3.8, 4) is 5.75 Å². The zero-order valence-electron chi connectivity index (χ0n) is 11.9. The number of anilines is 1. The fourth-order valence-corrected chi connectivity index (χ4v) is 3.94. The van der Waals surface area contributed by atoms with Gasteiger partial charge in [-0.3, -0.25) is 0 Å². The number of hydrogen-bond acceptors (Lipinski definition) is 5. The number of ether oxygens (including phenoxy) is 2. The molecule has 1 fully saturated rings. The van der Waals surface area contributed by atoms with Crippen molar-refractivity contribution >= 4 is 15.7 Å². The summed E-state index contributed by atoms with van der Waals surface area (Å²) < 4.78 is 37.2. The molecule has 2 N–H and O–H groups in total. The van der Waals surface area contributed by atoms with E-state index in [0.717, 1.165) is 5.56 Å². The molecular formula is C13H20N2O4S. The molecule has 20 heavy (non-hydrogen) atoms. The molecule has 1 unspecified atom stereocenters. The first-order chi connectivity index (χ1) is 9.40. The first-order valence-corrected chi connectivity index (χ1v) is 7.81. The number of methoxy groups -OCH3 is 2. The molecule has 112 valence electrons. The van der Waals surface area contributed by atoms with E-state index in [1.54, 1.807) is 13.2 Å². The molecule has 1 saturated heterocycles. The number of hydrogen-bond donors (Lipinski definition) is 1.